The molecule has 0 aromatic heterocycles. The van der Waals surface area contributed by atoms with Gasteiger partial charge in [0.15, 0.2) is 0 Å². The summed E-state index contributed by atoms with van der Waals surface area (Å²) in [5, 5.41) is 0. The molecular formula is C17H18O2. The standard InChI is InChI=1S/C17H18O2/c1-3-17(18)19-16-11-9-15(10-12-16)13(2)14-7-5-4-6-8-14/h4-13H,3H2,1-2H3. The average molecular weight is 254 g/mol. The van der Waals surface area contributed by atoms with Crippen LogP contribution in [0.1, 0.15) is 37.3 Å². The van der Waals surface area contributed by atoms with Gasteiger partial charge in [-0.2, -0.15) is 0 Å². The van der Waals surface area contributed by atoms with Crippen LogP contribution in [-0.4, -0.2) is 5.97 Å². The minimum absolute atomic E-state index is 0.205. The first-order chi connectivity index (χ1) is 9.20. The number of carbonyl (C=O) groups is 1. The molecule has 2 rings (SSSR count). The van der Waals surface area contributed by atoms with Crippen LogP contribution in [0.2, 0.25) is 0 Å². The minimum Gasteiger partial charge on any atom is -0.427 e. The predicted octanol–water partition coefficient (Wildman–Crippen LogP) is 4.15. The van der Waals surface area contributed by atoms with E-state index in [1.165, 1.54) is 11.1 Å². The molecule has 19 heavy (non-hydrogen) atoms. The summed E-state index contributed by atoms with van der Waals surface area (Å²) >= 11 is 0. The molecule has 0 aliphatic carbocycles. The van der Waals surface area contributed by atoms with Crippen molar-refractivity contribution in [2.45, 2.75) is 26.2 Å². The van der Waals surface area contributed by atoms with Gasteiger partial charge >= 0.3 is 5.97 Å². The molecule has 2 heteroatoms. The van der Waals surface area contributed by atoms with Crippen molar-refractivity contribution in [3.05, 3.63) is 65.7 Å². The largest absolute Gasteiger partial charge is 0.427 e. The molecule has 2 aromatic rings. The molecule has 1 unspecified atom stereocenters. The van der Waals surface area contributed by atoms with Gasteiger partial charge in [-0.1, -0.05) is 56.3 Å². The number of rotatable bonds is 4. The monoisotopic (exact) mass is 254 g/mol. The third kappa shape index (κ3) is 3.44. The maximum Gasteiger partial charge on any atom is 0.310 e. The summed E-state index contributed by atoms with van der Waals surface area (Å²) in [6.07, 6.45) is 0.391. The second-order valence-electron chi connectivity index (χ2n) is 4.53. The number of carbonyl (C=O) groups excluding carboxylic acids is 1. The zero-order valence-electron chi connectivity index (χ0n) is 11.3. The third-order valence-electron chi connectivity index (χ3n) is 3.20. The van der Waals surface area contributed by atoms with Crippen molar-refractivity contribution in [1.29, 1.82) is 0 Å². The normalized spacial score (nSPS) is 11.9. The van der Waals surface area contributed by atoms with Gasteiger partial charge in [-0.25, -0.2) is 0 Å². The maximum atomic E-state index is 11.2. The van der Waals surface area contributed by atoms with Crippen molar-refractivity contribution in [2.75, 3.05) is 0 Å². The lowest BCUT2D eigenvalue weighted by Crippen LogP contribution is -2.05. The molecule has 0 fully saturated rings. The van der Waals surface area contributed by atoms with Crippen LogP contribution in [0.3, 0.4) is 0 Å². The van der Waals surface area contributed by atoms with Crippen LogP contribution >= 0.6 is 0 Å². The minimum atomic E-state index is -0.205. The molecule has 0 N–H and O–H groups in total. The number of hydrogen-bond acceptors (Lipinski definition) is 2. The zero-order valence-corrected chi connectivity index (χ0v) is 11.3. The lowest BCUT2D eigenvalue weighted by Gasteiger charge is -2.13. The summed E-state index contributed by atoms with van der Waals surface area (Å²) in [6, 6.07) is 18.1. The van der Waals surface area contributed by atoms with Gasteiger partial charge in [0.2, 0.25) is 0 Å². The quantitative estimate of drug-likeness (QED) is 0.605. The highest BCUT2D eigenvalue weighted by molar-refractivity contribution is 5.71. The van der Waals surface area contributed by atoms with E-state index in [1.54, 1.807) is 6.92 Å². The fourth-order valence-corrected chi connectivity index (χ4v) is 1.96. The van der Waals surface area contributed by atoms with Crippen LogP contribution in [0.4, 0.5) is 0 Å². The van der Waals surface area contributed by atoms with E-state index < -0.39 is 0 Å². The summed E-state index contributed by atoms with van der Waals surface area (Å²) in [5.74, 6) is 0.733. The molecule has 2 aromatic carbocycles. The molecule has 1 atom stereocenters. The molecule has 0 radical (unpaired) electrons. The van der Waals surface area contributed by atoms with Crippen molar-refractivity contribution in [2.24, 2.45) is 0 Å². The molecule has 0 saturated heterocycles. The Kier molecular flexibility index (Phi) is 4.35. The lowest BCUT2D eigenvalue weighted by atomic mass is 9.93. The van der Waals surface area contributed by atoms with Crippen molar-refractivity contribution in [3.8, 4) is 5.75 Å². The third-order valence-corrected chi connectivity index (χ3v) is 3.20. The Morgan fingerprint density at radius 3 is 2.16 bits per heavy atom. The van der Waals surface area contributed by atoms with Gasteiger partial charge in [0, 0.05) is 12.3 Å². The molecule has 0 heterocycles. The first-order valence-corrected chi connectivity index (χ1v) is 6.56. The van der Waals surface area contributed by atoms with Crippen molar-refractivity contribution >= 4 is 5.97 Å². The smallest absolute Gasteiger partial charge is 0.310 e. The van der Waals surface area contributed by atoms with Crippen molar-refractivity contribution in [1.82, 2.24) is 0 Å². The van der Waals surface area contributed by atoms with Crippen LogP contribution in [0, 0.1) is 0 Å². The molecule has 0 amide bonds. The Bertz CT molecular complexity index is 529. The van der Waals surface area contributed by atoms with E-state index >= 15 is 0 Å². The number of esters is 1. The fourth-order valence-electron chi connectivity index (χ4n) is 1.96. The Morgan fingerprint density at radius 2 is 1.58 bits per heavy atom. The van der Waals surface area contributed by atoms with Gasteiger partial charge in [0.25, 0.3) is 0 Å². The molecule has 0 bridgehead atoms. The molecule has 98 valence electrons. The van der Waals surface area contributed by atoms with E-state index in [9.17, 15) is 4.79 Å². The van der Waals surface area contributed by atoms with Gasteiger partial charge in [-0.3, -0.25) is 4.79 Å². The summed E-state index contributed by atoms with van der Waals surface area (Å²) in [4.78, 5) is 11.2. The summed E-state index contributed by atoms with van der Waals surface area (Å²) in [6.45, 7) is 3.95. The molecule has 0 spiro atoms. The van der Waals surface area contributed by atoms with Crippen LogP contribution in [0.15, 0.2) is 54.6 Å². The second kappa shape index (κ2) is 6.19. The van der Waals surface area contributed by atoms with E-state index in [2.05, 4.69) is 19.1 Å². The van der Waals surface area contributed by atoms with Gasteiger partial charge < -0.3 is 4.74 Å². The second-order valence-corrected chi connectivity index (χ2v) is 4.53. The number of benzene rings is 2. The SMILES string of the molecule is CCC(=O)Oc1ccc(C(C)c2ccccc2)cc1. The summed E-state index contributed by atoms with van der Waals surface area (Å²) < 4.78 is 5.17. The summed E-state index contributed by atoms with van der Waals surface area (Å²) in [5.41, 5.74) is 2.49. The number of ether oxygens (including phenoxy) is 1. The van der Waals surface area contributed by atoms with Crippen molar-refractivity contribution < 1.29 is 9.53 Å². The lowest BCUT2D eigenvalue weighted by molar-refractivity contribution is -0.134. The van der Waals surface area contributed by atoms with Crippen LogP contribution in [0.5, 0.6) is 5.75 Å². The first kappa shape index (κ1) is 13.3. The highest BCUT2D eigenvalue weighted by atomic mass is 16.5. The van der Waals surface area contributed by atoms with E-state index in [0.29, 0.717) is 18.1 Å². The Morgan fingerprint density at radius 1 is 1.00 bits per heavy atom. The van der Waals surface area contributed by atoms with Crippen molar-refractivity contribution in [3.63, 3.8) is 0 Å². The van der Waals surface area contributed by atoms with E-state index in [4.69, 9.17) is 4.74 Å². The van der Waals surface area contributed by atoms with Gasteiger partial charge in [0.1, 0.15) is 5.75 Å². The summed E-state index contributed by atoms with van der Waals surface area (Å²) in [7, 11) is 0. The molecule has 0 aliphatic rings. The van der Waals surface area contributed by atoms with Crippen LogP contribution < -0.4 is 4.74 Å². The van der Waals surface area contributed by atoms with Gasteiger partial charge in [0.05, 0.1) is 0 Å². The first-order valence-electron chi connectivity index (χ1n) is 6.56. The average Bonchev–Trinajstić information content (AvgIpc) is 2.48. The maximum absolute atomic E-state index is 11.2. The molecule has 0 saturated carbocycles. The highest BCUT2D eigenvalue weighted by Crippen LogP contribution is 2.25. The Balaban J connectivity index is 2.12. The fraction of sp³-hybridized carbons (Fsp3) is 0.235. The van der Waals surface area contributed by atoms with Gasteiger partial charge in [-0.05, 0) is 23.3 Å². The van der Waals surface area contributed by atoms with E-state index in [0.717, 1.165) is 0 Å². The molecule has 2 nitrogen and oxygen atoms in total. The van der Waals surface area contributed by atoms with Gasteiger partial charge in [-0.15, -0.1) is 0 Å². The van der Waals surface area contributed by atoms with Crippen LogP contribution in [0.25, 0.3) is 0 Å². The molecular weight excluding hydrogens is 236 g/mol. The molecule has 0 aliphatic heterocycles. The van der Waals surface area contributed by atoms with Crippen LogP contribution in [-0.2, 0) is 4.79 Å². The Hall–Kier alpha value is -2.09. The predicted molar refractivity (Wildman–Crippen MR) is 76.3 cm³/mol. The topological polar surface area (TPSA) is 26.3 Å². The van der Waals surface area contributed by atoms with E-state index in [-0.39, 0.29) is 5.97 Å². The van der Waals surface area contributed by atoms with E-state index in [1.807, 2.05) is 42.5 Å². The Labute approximate surface area is 114 Å². The highest BCUT2D eigenvalue weighted by Gasteiger charge is 2.08. The zero-order chi connectivity index (χ0) is 13.7. The number of hydrogen-bond donors (Lipinski definition) is 0.